The molecule has 0 unspecified atom stereocenters. The standard InChI is InChI=1S/C13H18N2O4S/c1-3-18-13(16)11-9(2)19-8-10(20)12(14-11)15-4-6-17-7-5-15/h3-8H2,1-2H3. The molecule has 0 atom stereocenters. The average Bonchev–Trinajstić information content (AvgIpc) is 2.60. The van der Waals surface area contributed by atoms with E-state index in [-0.39, 0.29) is 12.3 Å². The van der Waals surface area contributed by atoms with E-state index in [2.05, 4.69) is 4.99 Å². The zero-order valence-electron chi connectivity index (χ0n) is 11.7. The Balaban J connectivity index is 2.29. The number of thiocarbonyl (C=S) groups is 1. The van der Waals surface area contributed by atoms with E-state index in [0.717, 1.165) is 0 Å². The van der Waals surface area contributed by atoms with Gasteiger partial charge in [-0.3, -0.25) is 0 Å². The van der Waals surface area contributed by atoms with Crippen molar-refractivity contribution >= 4 is 28.9 Å². The molecule has 2 aliphatic rings. The predicted octanol–water partition coefficient (Wildman–Crippen LogP) is 0.912. The summed E-state index contributed by atoms with van der Waals surface area (Å²) in [5.74, 6) is 0.567. The van der Waals surface area contributed by atoms with E-state index in [1.165, 1.54) is 0 Å². The molecule has 0 aromatic carbocycles. The number of carbonyl (C=O) groups is 1. The van der Waals surface area contributed by atoms with Gasteiger partial charge in [-0.05, 0) is 13.8 Å². The molecule has 1 saturated heterocycles. The van der Waals surface area contributed by atoms with E-state index in [1.807, 2.05) is 4.90 Å². The lowest BCUT2D eigenvalue weighted by Crippen LogP contribution is -2.44. The van der Waals surface area contributed by atoms with E-state index in [0.29, 0.717) is 49.4 Å². The van der Waals surface area contributed by atoms with Crippen LogP contribution in [0.1, 0.15) is 13.8 Å². The van der Waals surface area contributed by atoms with Crippen molar-refractivity contribution < 1.29 is 19.0 Å². The minimum absolute atomic E-state index is 0.188. The maximum absolute atomic E-state index is 11.9. The first-order chi connectivity index (χ1) is 9.63. The van der Waals surface area contributed by atoms with Crippen LogP contribution >= 0.6 is 12.2 Å². The van der Waals surface area contributed by atoms with Crippen molar-refractivity contribution in [3.05, 3.63) is 11.5 Å². The number of esters is 1. The Morgan fingerprint density at radius 1 is 1.45 bits per heavy atom. The van der Waals surface area contributed by atoms with Gasteiger partial charge in [-0.25, -0.2) is 9.79 Å². The normalized spacial score (nSPS) is 20.2. The number of ether oxygens (including phenoxy) is 3. The highest BCUT2D eigenvalue weighted by atomic mass is 32.1. The Hall–Kier alpha value is -1.47. The summed E-state index contributed by atoms with van der Waals surface area (Å²) in [6, 6.07) is 0. The molecule has 0 radical (unpaired) electrons. The van der Waals surface area contributed by atoms with E-state index >= 15 is 0 Å². The van der Waals surface area contributed by atoms with Crippen LogP contribution in [0.4, 0.5) is 0 Å². The number of aliphatic imine (C=N–C) groups is 1. The van der Waals surface area contributed by atoms with Crippen LogP contribution in [0.5, 0.6) is 0 Å². The zero-order chi connectivity index (χ0) is 14.5. The SMILES string of the molecule is CCOC(=O)C1=C(C)OCC(=S)C(N2CCOCC2)=N1. The van der Waals surface area contributed by atoms with Crippen LogP contribution in [0, 0.1) is 0 Å². The van der Waals surface area contributed by atoms with Crippen LogP contribution in [-0.4, -0.2) is 61.1 Å². The molecule has 6 nitrogen and oxygen atoms in total. The van der Waals surface area contributed by atoms with Crippen molar-refractivity contribution in [2.45, 2.75) is 13.8 Å². The second kappa shape index (κ2) is 6.81. The smallest absolute Gasteiger partial charge is 0.360 e. The highest BCUT2D eigenvalue weighted by Crippen LogP contribution is 2.16. The molecule has 7 heteroatoms. The fraction of sp³-hybridized carbons (Fsp3) is 0.615. The van der Waals surface area contributed by atoms with Gasteiger partial charge in [-0.2, -0.15) is 0 Å². The molecule has 0 aliphatic carbocycles. The summed E-state index contributed by atoms with van der Waals surface area (Å²) in [5.41, 5.74) is 0.188. The van der Waals surface area contributed by atoms with Crippen LogP contribution in [0.2, 0.25) is 0 Å². The van der Waals surface area contributed by atoms with Crippen molar-refractivity contribution in [1.82, 2.24) is 4.90 Å². The van der Waals surface area contributed by atoms with E-state index in [4.69, 9.17) is 26.4 Å². The van der Waals surface area contributed by atoms with Crippen molar-refractivity contribution in [3.63, 3.8) is 0 Å². The highest BCUT2D eigenvalue weighted by molar-refractivity contribution is 7.82. The van der Waals surface area contributed by atoms with Gasteiger partial charge in [0.2, 0.25) is 0 Å². The number of morpholine rings is 1. The van der Waals surface area contributed by atoms with Gasteiger partial charge >= 0.3 is 5.97 Å². The molecule has 0 N–H and O–H groups in total. The van der Waals surface area contributed by atoms with Crippen molar-refractivity contribution in [2.24, 2.45) is 4.99 Å². The van der Waals surface area contributed by atoms with Crippen molar-refractivity contribution in [1.29, 1.82) is 0 Å². The topological polar surface area (TPSA) is 60.4 Å². The summed E-state index contributed by atoms with van der Waals surface area (Å²) in [5, 5.41) is 0. The lowest BCUT2D eigenvalue weighted by molar-refractivity contribution is -0.138. The summed E-state index contributed by atoms with van der Waals surface area (Å²) < 4.78 is 15.8. The molecule has 0 spiro atoms. The predicted molar refractivity (Wildman–Crippen MR) is 77.7 cm³/mol. The van der Waals surface area contributed by atoms with Crippen LogP contribution in [-0.2, 0) is 19.0 Å². The third kappa shape index (κ3) is 3.34. The maximum Gasteiger partial charge on any atom is 0.360 e. The molecule has 1 fully saturated rings. The first-order valence-electron chi connectivity index (χ1n) is 6.59. The number of hydrogen-bond donors (Lipinski definition) is 0. The van der Waals surface area contributed by atoms with Crippen LogP contribution in [0.15, 0.2) is 16.4 Å². The Bertz CT molecular complexity index is 467. The first-order valence-corrected chi connectivity index (χ1v) is 6.99. The number of rotatable bonds is 2. The molecule has 2 rings (SSSR count). The summed E-state index contributed by atoms with van der Waals surface area (Å²) in [6.07, 6.45) is 0. The summed E-state index contributed by atoms with van der Waals surface area (Å²) in [6.45, 7) is 6.65. The Morgan fingerprint density at radius 2 is 2.15 bits per heavy atom. The molecule has 2 aliphatic heterocycles. The number of amidine groups is 1. The molecule has 2 heterocycles. The third-order valence-electron chi connectivity index (χ3n) is 3.00. The average molecular weight is 298 g/mol. The van der Waals surface area contributed by atoms with Gasteiger partial charge in [0.1, 0.15) is 18.2 Å². The molecule has 0 aromatic rings. The van der Waals surface area contributed by atoms with Gasteiger partial charge in [0, 0.05) is 13.1 Å². The largest absolute Gasteiger partial charge is 0.490 e. The molecule has 0 saturated carbocycles. The first kappa shape index (κ1) is 14.9. The summed E-state index contributed by atoms with van der Waals surface area (Å²) in [7, 11) is 0. The van der Waals surface area contributed by atoms with Gasteiger partial charge in [0.15, 0.2) is 5.70 Å². The summed E-state index contributed by atoms with van der Waals surface area (Å²) in [4.78, 5) is 19.0. The number of carbonyl (C=O) groups excluding carboxylic acids is 1. The summed E-state index contributed by atoms with van der Waals surface area (Å²) >= 11 is 5.33. The van der Waals surface area contributed by atoms with E-state index in [1.54, 1.807) is 13.8 Å². The molecular formula is C13H18N2O4S. The quantitative estimate of drug-likeness (QED) is 0.558. The van der Waals surface area contributed by atoms with Crippen molar-refractivity contribution in [2.75, 3.05) is 39.5 Å². The minimum Gasteiger partial charge on any atom is -0.490 e. The minimum atomic E-state index is -0.486. The van der Waals surface area contributed by atoms with Crippen LogP contribution < -0.4 is 0 Å². The number of nitrogens with zero attached hydrogens (tertiary/aromatic N) is 2. The van der Waals surface area contributed by atoms with E-state index in [9.17, 15) is 4.79 Å². The second-order valence-electron chi connectivity index (χ2n) is 4.37. The number of hydrogen-bond acceptors (Lipinski definition) is 7. The molecule has 0 bridgehead atoms. The fourth-order valence-corrected chi connectivity index (χ4v) is 2.20. The third-order valence-corrected chi connectivity index (χ3v) is 3.30. The maximum atomic E-state index is 11.9. The van der Waals surface area contributed by atoms with Gasteiger partial charge in [-0.1, -0.05) is 12.2 Å². The molecule has 0 aromatic heterocycles. The molecule has 0 amide bonds. The Morgan fingerprint density at radius 3 is 2.80 bits per heavy atom. The van der Waals surface area contributed by atoms with Gasteiger partial charge in [0.05, 0.1) is 24.7 Å². The second-order valence-corrected chi connectivity index (χ2v) is 4.86. The fourth-order valence-electron chi connectivity index (χ4n) is 1.96. The zero-order valence-corrected chi connectivity index (χ0v) is 12.5. The highest BCUT2D eigenvalue weighted by Gasteiger charge is 2.26. The van der Waals surface area contributed by atoms with Crippen LogP contribution in [0.3, 0.4) is 0 Å². The number of allylic oxidation sites excluding steroid dienone is 1. The van der Waals surface area contributed by atoms with Crippen molar-refractivity contribution in [3.8, 4) is 0 Å². The lowest BCUT2D eigenvalue weighted by Gasteiger charge is -2.29. The monoisotopic (exact) mass is 298 g/mol. The van der Waals surface area contributed by atoms with E-state index < -0.39 is 5.97 Å². The Labute approximate surface area is 123 Å². The molecule has 110 valence electrons. The molecule has 20 heavy (non-hydrogen) atoms. The van der Waals surface area contributed by atoms with Gasteiger partial charge in [-0.15, -0.1) is 0 Å². The lowest BCUT2D eigenvalue weighted by atomic mass is 10.3. The Kier molecular flexibility index (Phi) is 5.08. The van der Waals surface area contributed by atoms with Crippen LogP contribution in [0.25, 0.3) is 0 Å². The molecular weight excluding hydrogens is 280 g/mol. The van der Waals surface area contributed by atoms with Gasteiger partial charge < -0.3 is 19.1 Å². The van der Waals surface area contributed by atoms with Gasteiger partial charge in [0.25, 0.3) is 0 Å².